The molecule has 106 valence electrons. The Morgan fingerprint density at radius 3 is 2.05 bits per heavy atom. The van der Waals surface area contributed by atoms with Gasteiger partial charge in [0, 0.05) is 5.56 Å². The van der Waals surface area contributed by atoms with E-state index in [1.165, 1.54) is 36.4 Å². The second kappa shape index (κ2) is 5.87. The molecule has 2 aromatic rings. The first-order chi connectivity index (χ1) is 9.97. The Labute approximate surface area is 119 Å². The zero-order valence-corrected chi connectivity index (χ0v) is 10.6. The lowest BCUT2D eigenvalue weighted by Gasteiger charge is -2.06. The monoisotopic (exact) mass is 286 g/mol. The number of ether oxygens (including phenoxy) is 1. The van der Waals surface area contributed by atoms with E-state index in [1.54, 1.807) is 12.1 Å². The zero-order chi connectivity index (χ0) is 15.4. The number of rotatable bonds is 5. The molecule has 0 aliphatic carbocycles. The van der Waals surface area contributed by atoms with Crippen molar-refractivity contribution in [3.63, 3.8) is 0 Å². The lowest BCUT2D eigenvalue weighted by molar-refractivity contribution is -0.131. The lowest BCUT2D eigenvalue weighted by Crippen LogP contribution is -2.12. The Morgan fingerprint density at radius 2 is 1.48 bits per heavy atom. The maximum atomic E-state index is 11.2. The van der Waals surface area contributed by atoms with Gasteiger partial charge in [-0.25, -0.2) is 9.59 Å². The van der Waals surface area contributed by atoms with Crippen LogP contribution in [0.2, 0.25) is 0 Å². The van der Waals surface area contributed by atoms with Crippen LogP contribution in [0.15, 0.2) is 48.5 Å². The number of hydrogen-bond donors (Lipinski definition) is 2. The van der Waals surface area contributed by atoms with Gasteiger partial charge in [0.2, 0.25) is 0 Å². The summed E-state index contributed by atoms with van der Waals surface area (Å²) in [4.78, 5) is 32.6. The first-order valence-electron chi connectivity index (χ1n) is 5.86. The fraction of sp³-hybridized carbons (Fsp3) is 0. The number of carboxylic acid groups (broad SMARTS) is 2. The molecule has 0 aliphatic heterocycles. The summed E-state index contributed by atoms with van der Waals surface area (Å²) >= 11 is 0. The van der Waals surface area contributed by atoms with E-state index >= 15 is 0 Å². The van der Waals surface area contributed by atoms with E-state index in [1.807, 2.05) is 0 Å². The molecule has 21 heavy (non-hydrogen) atoms. The van der Waals surface area contributed by atoms with E-state index in [4.69, 9.17) is 14.9 Å². The molecule has 6 nitrogen and oxygen atoms in total. The van der Waals surface area contributed by atoms with Gasteiger partial charge in [-0.15, -0.1) is 0 Å². The van der Waals surface area contributed by atoms with Gasteiger partial charge in [0.15, 0.2) is 0 Å². The van der Waals surface area contributed by atoms with E-state index in [0.717, 1.165) is 0 Å². The minimum atomic E-state index is -1.53. The van der Waals surface area contributed by atoms with Crippen LogP contribution in [-0.4, -0.2) is 27.9 Å². The van der Waals surface area contributed by atoms with Crippen molar-refractivity contribution < 1.29 is 29.3 Å². The van der Waals surface area contributed by atoms with Gasteiger partial charge in [0.1, 0.15) is 11.5 Å². The zero-order valence-electron chi connectivity index (χ0n) is 10.6. The minimum absolute atomic E-state index is 0.0362. The van der Waals surface area contributed by atoms with Crippen molar-refractivity contribution >= 4 is 17.7 Å². The van der Waals surface area contributed by atoms with Crippen molar-refractivity contribution in [3.05, 3.63) is 59.7 Å². The average Bonchev–Trinajstić information content (AvgIpc) is 2.47. The molecule has 0 radical (unpaired) electrons. The number of carbonyl (C=O) groups excluding carboxylic acids is 1. The van der Waals surface area contributed by atoms with Crippen LogP contribution in [0.3, 0.4) is 0 Å². The summed E-state index contributed by atoms with van der Waals surface area (Å²) in [6.07, 6.45) is 0. The normalized spacial score (nSPS) is 9.90. The SMILES string of the molecule is O=C(O)C(=O)c1ccc(Oc2cccc(C(=O)O)c2)cc1. The third-order valence-corrected chi connectivity index (χ3v) is 2.63. The van der Waals surface area contributed by atoms with E-state index in [0.29, 0.717) is 11.5 Å². The molecule has 0 spiro atoms. The molecule has 0 saturated carbocycles. The van der Waals surface area contributed by atoms with Gasteiger partial charge in [0.05, 0.1) is 5.56 Å². The van der Waals surface area contributed by atoms with Gasteiger partial charge < -0.3 is 14.9 Å². The van der Waals surface area contributed by atoms with Crippen molar-refractivity contribution in [2.75, 3.05) is 0 Å². The number of carbonyl (C=O) groups is 3. The molecular formula is C15H10O6. The number of aliphatic carboxylic acids is 1. The number of aromatic carboxylic acids is 1. The largest absolute Gasteiger partial charge is 0.478 e. The summed E-state index contributed by atoms with van der Waals surface area (Å²) in [6, 6.07) is 11.4. The molecule has 2 N–H and O–H groups in total. The minimum Gasteiger partial charge on any atom is -0.478 e. The Kier molecular flexibility index (Phi) is 3.99. The number of benzene rings is 2. The molecular weight excluding hydrogens is 276 g/mol. The van der Waals surface area contributed by atoms with Crippen LogP contribution in [0.4, 0.5) is 0 Å². The molecule has 0 aliphatic rings. The summed E-state index contributed by atoms with van der Waals surface area (Å²) in [5, 5.41) is 17.5. The highest BCUT2D eigenvalue weighted by atomic mass is 16.5. The van der Waals surface area contributed by atoms with Gasteiger partial charge in [0.25, 0.3) is 5.78 Å². The molecule has 2 rings (SSSR count). The number of hydrogen-bond acceptors (Lipinski definition) is 4. The second-order valence-electron chi connectivity index (χ2n) is 4.09. The molecule has 0 aromatic heterocycles. The summed E-state index contributed by atoms with van der Waals surface area (Å²) in [5.74, 6) is -2.92. The molecule has 2 aromatic carbocycles. The van der Waals surface area contributed by atoms with E-state index in [9.17, 15) is 14.4 Å². The highest BCUT2D eigenvalue weighted by Crippen LogP contribution is 2.22. The summed E-state index contributed by atoms with van der Waals surface area (Å²) in [6.45, 7) is 0. The van der Waals surface area contributed by atoms with Gasteiger partial charge >= 0.3 is 11.9 Å². The number of ketones is 1. The van der Waals surface area contributed by atoms with Crippen LogP contribution in [-0.2, 0) is 4.79 Å². The molecule has 0 amide bonds. The maximum absolute atomic E-state index is 11.2. The summed E-state index contributed by atoms with van der Waals surface area (Å²) in [5.41, 5.74) is 0.124. The Balaban J connectivity index is 2.17. The number of Topliss-reactive ketones (excluding diaryl/α,β-unsaturated/α-hetero) is 1. The third-order valence-electron chi connectivity index (χ3n) is 2.63. The maximum Gasteiger partial charge on any atom is 0.377 e. The third kappa shape index (κ3) is 3.44. The van der Waals surface area contributed by atoms with Crippen molar-refractivity contribution in [1.82, 2.24) is 0 Å². The smallest absolute Gasteiger partial charge is 0.377 e. The summed E-state index contributed by atoms with van der Waals surface area (Å²) < 4.78 is 5.44. The predicted octanol–water partition coefficient (Wildman–Crippen LogP) is 2.44. The fourth-order valence-electron chi connectivity index (χ4n) is 1.63. The van der Waals surface area contributed by atoms with Crippen molar-refractivity contribution in [1.29, 1.82) is 0 Å². The van der Waals surface area contributed by atoms with Crippen LogP contribution in [0, 0.1) is 0 Å². The Hall–Kier alpha value is -3.15. The predicted molar refractivity (Wildman–Crippen MR) is 71.9 cm³/mol. The standard InChI is InChI=1S/C15H10O6/c16-13(15(19)20)9-4-6-11(7-5-9)21-12-3-1-2-10(8-12)14(17)18/h1-8H,(H,17,18)(H,19,20). The van der Waals surface area contributed by atoms with Crippen molar-refractivity contribution in [3.8, 4) is 11.5 Å². The van der Waals surface area contributed by atoms with Gasteiger partial charge in [-0.1, -0.05) is 6.07 Å². The second-order valence-corrected chi connectivity index (χ2v) is 4.09. The van der Waals surface area contributed by atoms with E-state index < -0.39 is 17.7 Å². The molecule has 0 bridgehead atoms. The topological polar surface area (TPSA) is 101 Å². The van der Waals surface area contributed by atoms with Crippen LogP contribution in [0.1, 0.15) is 20.7 Å². The average molecular weight is 286 g/mol. The first-order valence-corrected chi connectivity index (χ1v) is 5.86. The van der Waals surface area contributed by atoms with Crippen molar-refractivity contribution in [2.45, 2.75) is 0 Å². The molecule has 0 fully saturated rings. The Bertz CT molecular complexity index is 702. The molecule has 0 atom stereocenters. The van der Waals surface area contributed by atoms with Crippen molar-refractivity contribution in [2.24, 2.45) is 0 Å². The first kappa shape index (κ1) is 14.3. The summed E-state index contributed by atoms with van der Waals surface area (Å²) in [7, 11) is 0. The molecule has 0 heterocycles. The quantitative estimate of drug-likeness (QED) is 0.646. The van der Waals surface area contributed by atoms with Gasteiger partial charge in [-0.05, 0) is 42.5 Å². The lowest BCUT2D eigenvalue weighted by atomic mass is 10.1. The van der Waals surface area contributed by atoms with Gasteiger partial charge in [-0.3, -0.25) is 4.79 Å². The Morgan fingerprint density at radius 1 is 0.810 bits per heavy atom. The van der Waals surface area contributed by atoms with Crippen LogP contribution < -0.4 is 4.74 Å². The molecule has 0 unspecified atom stereocenters. The fourth-order valence-corrected chi connectivity index (χ4v) is 1.63. The van der Waals surface area contributed by atoms with Gasteiger partial charge in [-0.2, -0.15) is 0 Å². The van der Waals surface area contributed by atoms with Crippen LogP contribution in [0.5, 0.6) is 11.5 Å². The molecule has 6 heteroatoms. The van der Waals surface area contributed by atoms with E-state index in [2.05, 4.69) is 0 Å². The highest BCUT2D eigenvalue weighted by Gasteiger charge is 2.14. The highest BCUT2D eigenvalue weighted by molar-refractivity contribution is 6.39. The molecule has 0 saturated heterocycles. The van der Waals surface area contributed by atoms with Crippen LogP contribution >= 0.6 is 0 Å². The number of carboxylic acids is 2. The van der Waals surface area contributed by atoms with E-state index in [-0.39, 0.29) is 11.1 Å². The van der Waals surface area contributed by atoms with Crippen LogP contribution in [0.25, 0.3) is 0 Å².